The fraction of sp³-hybridized carbons (Fsp3) is 0.871. The number of aldehydes is 1. The molecular formula is C31H48O6. The van der Waals surface area contributed by atoms with Crippen LogP contribution in [0.5, 0.6) is 0 Å². The summed E-state index contributed by atoms with van der Waals surface area (Å²) < 4.78 is 11.9. The molecule has 0 heterocycles. The van der Waals surface area contributed by atoms with E-state index >= 15 is 0 Å². The second kappa shape index (κ2) is 9.48. The normalized spacial score (nSPS) is 49.0. The van der Waals surface area contributed by atoms with E-state index in [0.717, 1.165) is 32.0 Å². The number of rotatable bonds is 5. The molecule has 37 heavy (non-hydrogen) atoms. The van der Waals surface area contributed by atoms with Crippen molar-refractivity contribution < 1.29 is 28.7 Å². The molecule has 0 saturated heterocycles. The van der Waals surface area contributed by atoms with E-state index < -0.39 is 35.4 Å². The molecular weight excluding hydrogens is 468 g/mol. The molecule has 0 amide bonds. The molecule has 208 valence electrons. The molecule has 6 nitrogen and oxygen atoms in total. The van der Waals surface area contributed by atoms with E-state index in [2.05, 4.69) is 34.6 Å². The van der Waals surface area contributed by atoms with Crippen LogP contribution in [0.4, 0.5) is 0 Å². The summed E-state index contributed by atoms with van der Waals surface area (Å²) in [6, 6.07) is 0. The van der Waals surface area contributed by atoms with Gasteiger partial charge in [0.15, 0.2) is 0 Å². The van der Waals surface area contributed by atoms with Crippen molar-refractivity contribution in [3.8, 4) is 0 Å². The first-order chi connectivity index (χ1) is 17.2. The zero-order valence-electron chi connectivity index (χ0n) is 24.2. The second-order valence-corrected chi connectivity index (χ2v) is 14.0. The highest BCUT2D eigenvalue weighted by atomic mass is 16.5. The van der Waals surface area contributed by atoms with Gasteiger partial charge in [-0.2, -0.15) is 0 Å². The first-order valence-electron chi connectivity index (χ1n) is 14.5. The van der Waals surface area contributed by atoms with Crippen molar-refractivity contribution in [2.75, 3.05) is 0 Å². The lowest BCUT2D eigenvalue weighted by Gasteiger charge is -2.71. The van der Waals surface area contributed by atoms with Gasteiger partial charge in [0.2, 0.25) is 0 Å². The molecule has 4 saturated carbocycles. The summed E-state index contributed by atoms with van der Waals surface area (Å²) in [6.45, 7) is 16.0. The summed E-state index contributed by atoms with van der Waals surface area (Å²) in [7, 11) is 0. The van der Waals surface area contributed by atoms with Gasteiger partial charge in [-0.05, 0) is 79.4 Å². The Morgan fingerprint density at radius 2 is 1.46 bits per heavy atom. The summed E-state index contributed by atoms with van der Waals surface area (Å²) in [5, 5.41) is 0. The minimum Gasteiger partial charge on any atom is -0.462 e. The molecule has 4 fully saturated rings. The molecule has 0 radical (unpaired) electrons. The highest BCUT2D eigenvalue weighted by molar-refractivity contribution is 5.83. The minimum absolute atomic E-state index is 0.0224. The fourth-order valence-corrected chi connectivity index (χ4v) is 10.7. The maximum absolute atomic E-state index is 13.0. The van der Waals surface area contributed by atoms with Crippen LogP contribution in [0, 0.1) is 51.2 Å². The van der Waals surface area contributed by atoms with Gasteiger partial charge in [-0.15, -0.1) is 0 Å². The Morgan fingerprint density at radius 3 is 2.00 bits per heavy atom. The quantitative estimate of drug-likeness (QED) is 0.332. The van der Waals surface area contributed by atoms with Gasteiger partial charge in [-0.25, -0.2) is 0 Å². The number of esters is 2. The average molecular weight is 517 g/mol. The number of ether oxygens (including phenoxy) is 2. The van der Waals surface area contributed by atoms with E-state index in [0.29, 0.717) is 30.1 Å². The van der Waals surface area contributed by atoms with Crippen molar-refractivity contribution >= 4 is 24.0 Å². The molecule has 4 rings (SSSR count). The second-order valence-electron chi connectivity index (χ2n) is 14.0. The van der Waals surface area contributed by atoms with Crippen molar-refractivity contribution in [2.24, 2.45) is 51.2 Å². The molecule has 4 aliphatic rings. The first kappa shape index (κ1) is 28.3. The van der Waals surface area contributed by atoms with E-state index in [-0.39, 0.29) is 28.5 Å². The third kappa shape index (κ3) is 4.11. The number of carbonyl (C=O) groups is 4. The summed E-state index contributed by atoms with van der Waals surface area (Å²) >= 11 is 0. The maximum atomic E-state index is 13.0. The third-order valence-corrected chi connectivity index (χ3v) is 12.4. The van der Waals surface area contributed by atoms with Crippen LogP contribution in [0.25, 0.3) is 0 Å². The zero-order valence-corrected chi connectivity index (χ0v) is 24.2. The highest BCUT2D eigenvalue weighted by Gasteiger charge is 2.71. The lowest BCUT2D eigenvalue weighted by molar-refractivity contribution is -0.263. The van der Waals surface area contributed by atoms with Crippen LogP contribution in [-0.4, -0.2) is 36.2 Å². The van der Waals surface area contributed by atoms with Crippen molar-refractivity contribution in [3.63, 3.8) is 0 Å². The summed E-state index contributed by atoms with van der Waals surface area (Å²) in [6.07, 6.45) is 7.94. The average Bonchev–Trinajstić information content (AvgIpc) is 2.79. The van der Waals surface area contributed by atoms with Gasteiger partial charge < -0.3 is 14.3 Å². The molecule has 0 aromatic rings. The van der Waals surface area contributed by atoms with Crippen LogP contribution in [-0.2, 0) is 28.7 Å². The summed E-state index contributed by atoms with van der Waals surface area (Å²) in [5.41, 5.74) is -0.438. The lowest BCUT2D eigenvalue weighted by atomic mass is 9.33. The van der Waals surface area contributed by atoms with E-state index in [1.54, 1.807) is 0 Å². The molecule has 6 heteroatoms. The predicted octanol–water partition coefficient (Wildman–Crippen LogP) is 5.94. The molecule has 0 unspecified atom stereocenters. The van der Waals surface area contributed by atoms with Crippen LogP contribution >= 0.6 is 0 Å². The fourth-order valence-electron chi connectivity index (χ4n) is 10.7. The maximum Gasteiger partial charge on any atom is 0.302 e. The van der Waals surface area contributed by atoms with Crippen molar-refractivity contribution in [1.82, 2.24) is 0 Å². The zero-order chi connectivity index (χ0) is 27.6. The largest absolute Gasteiger partial charge is 0.462 e. The van der Waals surface area contributed by atoms with Gasteiger partial charge in [0.25, 0.3) is 0 Å². The molecule has 11 atom stereocenters. The number of hydrogen-bond acceptors (Lipinski definition) is 6. The van der Waals surface area contributed by atoms with E-state index in [1.165, 1.54) is 33.6 Å². The number of ketones is 1. The summed E-state index contributed by atoms with van der Waals surface area (Å²) in [4.78, 5) is 50.4. The highest BCUT2D eigenvalue weighted by Crippen LogP contribution is 2.74. The molecule has 0 aromatic heterocycles. The SMILES string of the molecule is CC[C@@]1(C)CCC[C@]2(C)[C@@H]3C[C@H](OC(C)=O)[C@]4(C)[C@@H](C=O)[C@H](C(C)=O)[C@H](OC(C)=O)C[C@H]4[C@]3(C)CC[C@@H]12. The molecule has 4 aliphatic carbocycles. The smallest absolute Gasteiger partial charge is 0.302 e. The summed E-state index contributed by atoms with van der Waals surface area (Å²) in [5.74, 6) is -1.46. The van der Waals surface area contributed by atoms with Gasteiger partial charge in [0.1, 0.15) is 24.3 Å². The minimum atomic E-state index is -0.731. The molecule has 0 bridgehead atoms. The van der Waals surface area contributed by atoms with Crippen molar-refractivity contribution in [2.45, 2.75) is 119 Å². The predicted molar refractivity (Wildman–Crippen MR) is 140 cm³/mol. The Morgan fingerprint density at radius 1 is 0.838 bits per heavy atom. The Bertz CT molecular complexity index is 959. The van der Waals surface area contributed by atoms with Gasteiger partial charge in [0.05, 0.1) is 5.92 Å². The Labute approximate surface area is 223 Å². The van der Waals surface area contributed by atoms with Crippen LogP contribution in [0.3, 0.4) is 0 Å². The number of fused-ring (bicyclic) bond motifs is 5. The monoisotopic (exact) mass is 516 g/mol. The van der Waals surface area contributed by atoms with Gasteiger partial charge in [-0.3, -0.25) is 14.4 Å². The number of hydrogen-bond donors (Lipinski definition) is 0. The van der Waals surface area contributed by atoms with E-state index in [9.17, 15) is 19.2 Å². The molecule has 0 spiro atoms. The third-order valence-electron chi connectivity index (χ3n) is 12.4. The van der Waals surface area contributed by atoms with E-state index in [4.69, 9.17) is 9.47 Å². The Hall–Kier alpha value is -1.72. The topological polar surface area (TPSA) is 86.7 Å². The Kier molecular flexibility index (Phi) is 7.25. The van der Waals surface area contributed by atoms with Crippen LogP contribution < -0.4 is 0 Å². The number of Topliss-reactive ketones (excluding diaryl/α,β-unsaturated/α-hetero) is 1. The van der Waals surface area contributed by atoms with Gasteiger partial charge >= 0.3 is 11.9 Å². The first-order valence-corrected chi connectivity index (χ1v) is 14.5. The van der Waals surface area contributed by atoms with Crippen LogP contribution in [0.2, 0.25) is 0 Å². The molecule has 0 aromatic carbocycles. The van der Waals surface area contributed by atoms with Crippen LogP contribution in [0.1, 0.15) is 107 Å². The van der Waals surface area contributed by atoms with Crippen LogP contribution in [0.15, 0.2) is 0 Å². The van der Waals surface area contributed by atoms with Crippen molar-refractivity contribution in [3.05, 3.63) is 0 Å². The van der Waals surface area contributed by atoms with Crippen molar-refractivity contribution in [1.29, 1.82) is 0 Å². The molecule has 0 aliphatic heterocycles. The van der Waals surface area contributed by atoms with Gasteiger partial charge in [0, 0.05) is 25.2 Å². The lowest BCUT2D eigenvalue weighted by Crippen LogP contribution is -2.70. The Balaban J connectivity index is 1.88. The van der Waals surface area contributed by atoms with E-state index in [1.807, 2.05) is 0 Å². The standard InChI is InChI=1S/C31H48O6/c1-9-28(5)12-10-13-29(6)23(28)11-14-30(7)24(29)16-26(37-20(4)35)31(8)21(17-32)27(18(2)33)22(15-25(30)31)36-19(3)34/h17,21-27H,9-16H2,1-8H3/t21-,22+,23-,24-,25-,26-,27-,28-,29-,30+,31+/m0/s1. The molecule has 0 N–H and O–H groups in total. The van der Waals surface area contributed by atoms with Gasteiger partial charge in [-0.1, -0.05) is 47.5 Å². The number of carbonyl (C=O) groups excluding carboxylic acids is 4.